The van der Waals surface area contributed by atoms with Crippen LogP contribution >= 0.6 is 0 Å². The molecule has 0 bridgehead atoms. The number of carbonyl (C=O) groups is 3. The second-order valence-electron chi connectivity index (χ2n) is 7.89. The average Bonchev–Trinajstić information content (AvgIpc) is 3.09. The lowest BCUT2D eigenvalue weighted by Gasteiger charge is -2.25. The van der Waals surface area contributed by atoms with Crippen LogP contribution in [0.3, 0.4) is 0 Å². The molecule has 0 heterocycles. The Morgan fingerprint density at radius 3 is 2.13 bits per heavy atom. The molecule has 31 heavy (non-hydrogen) atoms. The molecule has 7 nitrogen and oxygen atoms in total. The molecule has 0 aliphatic heterocycles. The van der Waals surface area contributed by atoms with E-state index in [-0.39, 0.29) is 25.0 Å². The number of hydrogen-bond donors (Lipinski definition) is 2. The maximum absolute atomic E-state index is 12.6. The number of nitrogens with zero attached hydrogens (tertiary/aromatic N) is 1. The quantitative estimate of drug-likeness (QED) is 0.676. The van der Waals surface area contributed by atoms with Gasteiger partial charge in [0.2, 0.25) is 5.91 Å². The Bertz CT molecular complexity index is 928. The van der Waals surface area contributed by atoms with Gasteiger partial charge < -0.3 is 20.1 Å². The van der Waals surface area contributed by atoms with Crippen LogP contribution in [-0.4, -0.2) is 54.2 Å². The molecule has 1 unspecified atom stereocenters. The molecule has 2 atom stereocenters. The SMILES string of the molecule is CC[C@@H](NC(=O)OCC1c2ccccc2-c2ccccc21)C(=O)N(C)CC(C)C(=O)O. The number of carboxylic acid groups (broad SMARTS) is 1. The lowest BCUT2D eigenvalue weighted by molar-refractivity contribution is -0.143. The van der Waals surface area contributed by atoms with E-state index in [9.17, 15) is 14.4 Å². The number of benzene rings is 2. The van der Waals surface area contributed by atoms with Crippen molar-refractivity contribution in [1.82, 2.24) is 10.2 Å². The standard InChI is InChI=1S/C24H28N2O5/c1-4-21(22(27)26(3)13-15(2)23(28)29)25-24(30)31-14-20-18-11-7-5-9-16(18)17-10-6-8-12-19(17)20/h5-12,15,20-21H,4,13-14H2,1-3H3,(H,25,30)(H,28,29)/t15?,21-/m1/s1. The molecule has 0 radical (unpaired) electrons. The number of nitrogens with one attached hydrogen (secondary N) is 1. The lowest BCUT2D eigenvalue weighted by Crippen LogP contribution is -2.48. The third kappa shape index (κ3) is 4.87. The number of amides is 2. The molecule has 0 spiro atoms. The molecular formula is C24H28N2O5. The highest BCUT2D eigenvalue weighted by Crippen LogP contribution is 2.44. The van der Waals surface area contributed by atoms with E-state index in [0.717, 1.165) is 22.3 Å². The maximum Gasteiger partial charge on any atom is 0.407 e. The Labute approximate surface area is 182 Å². The summed E-state index contributed by atoms with van der Waals surface area (Å²) in [7, 11) is 1.53. The van der Waals surface area contributed by atoms with E-state index in [1.54, 1.807) is 6.92 Å². The van der Waals surface area contributed by atoms with Gasteiger partial charge in [0.1, 0.15) is 12.6 Å². The van der Waals surface area contributed by atoms with Crippen LogP contribution in [0, 0.1) is 5.92 Å². The molecule has 0 aromatic heterocycles. The van der Waals surface area contributed by atoms with Gasteiger partial charge >= 0.3 is 12.1 Å². The summed E-state index contributed by atoms with van der Waals surface area (Å²) in [5.74, 6) is -2.07. The zero-order valence-corrected chi connectivity index (χ0v) is 18.0. The Balaban J connectivity index is 1.62. The number of alkyl carbamates (subject to hydrolysis) is 1. The van der Waals surface area contributed by atoms with Crippen LogP contribution in [0.4, 0.5) is 4.79 Å². The van der Waals surface area contributed by atoms with E-state index in [0.29, 0.717) is 6.42 Å². The van der Waals surface area contributed by atoms with Crippen LogP contribution in [0.5, 0.6) is 0 Å². The van der Waals surface area contributed by atoms with Crippen molar-refractivity contribution < 1.29 is 24.2 Å². The van der Waals surface area contributed by atoms with E-state index in [1.807, 2.05) is 36.4 Å². The molecule has 0 fully saturated rings. The number of carboxylic acids is 1. The van der Waals surface area contributed by atoms with E-state index in [2.05, 4.69) is 17.4 Å². The third-order valence-corrected chi connectivity index (χ3v) is 5.69. The Morgan fingerprint density at radius 2 is 1.61 bits per heavy atom. The van der Waals surface area contributed by atoms with Gasteiger partial charge in [-0.25, -0.2) is 4.79 Å². The van der Waals surface area contributed by atoms with Crippen molar-refractivity contribution >= 4 is 18.0 Å². The van der Waals surface area contributed by atoms with Crippen molar-refractivity contribution in [3.8, 4) is 11.1 Å². The topological polar surface area (TPSA) is 95.9 Å². The first-order valence-electron chi connectivity index (χ1n) is 10.4. The molecule has 3 rings (SSSR count). The summed E-state index contributed by atoms with van der Waals surface area (Å²) >= 11 is 0. The smallest absolute Gasteiger partial charge is 0.407 e. The van der Waals surface area contributed by atoms with Crippen molar-refractivity contribution in [3.63, 3.8) is 0 Å². The minimum atomic E-state index is -0.975. The largest absolute Gasteiger partial charge is 0.481 e. The Morgan fingerprint density at radius 1 is 1.06 bits per heavy atom. The minimum absolute atomic E-state index is 0.0620. The zero-order chi connectivity index (χ0) is 22.5. The molecular weight excluding hydrogens is 396 g/mol. The maximum atomic E-state index is 12.6. The van der Waals surface area contributed by atoms with Crippen molar-refractivity contribution in [1.29, 1.82) is 0 Å². The molecule has 2 aromatic rings. The average molecular weight is 424 g/mol. The van der Waals surface area contributed by atoms with Gasteiger partial charge in [0.05, 0.1) is 5.92 Å². The molecule has 2 amide bonds. The fraction of sp³-hybridized carbons (Fsp3) is 0.375. The number of fused-ring (bicyclic) bond motifs is 3. The fourth-order valence-corrected chi connectivity index (χ4v) is 3.97. The van der Waals surface area contributed by atoms with Gasteiger partial charge in [-0.2, -0.15) is 0 Å². The molecule has 0 saturated heterocycles. The van der Waals surface area contributed by atoms with Crippen LogP contribution in [-0.2, 0) is 14.3 Å². The molecule has 164 valence electrons. The molecule has 1 aliphatic rings. The molecule has 7 heteroatoms. The number of likely N-dealkylation sites (N-methyl/N-ethyl adjacent to an activating group) is 1. The van der Waals surface area contributed by atoms with Crippen molar-refractivity contribution in [2.45, 2.75) is 32.2 Å². The van der Waals surface area contributed by atoms with Crippen LogP contribution in [0.15, 0.2) is 48.5 Å². The van der Waals surface area contributed by atoms with Gasteiger partial charge in [0, 0.05) is 19.5 Å². The van der Waals surface area contributed by atoms with Crippen molar-refractivity contribution in [2.24, 2.45) is 5.92 Å². The number of carbonyl (C=O) groups excluding carboxylic acids is 2. The van der Waals surface area contributed by atoms with Gasteiger partial charge in [-0.05, 0) is 28.7 Å². The third-order valence-electron chi connectivity index (χ3n) is 5.69. The summed E-state index contributed by atoms with van der Waals surface area (Å²) in [5.41, 5.74) is 4.51. The summed E-state index contributed by atoms with van der Waals surface area (Å²) < 4.78 is 5.51. The van der Waals surface area contributed by atoms with Gasteiger partial charge in [0.15, 0.2) is 0 Å². The van der Waals surface area contributed by atoms with Crippen LogP contribution in [0.2, 0.25) is 0 Å². The highest BCUT2D eigenvalue weighted by molar-refractivity contribution is 5.86. The van der Waals surface area contributed by atoms with Crippen molar-refractivity contribution in [2.75, 3.05) is 20.2 Å². The zero-order valence-electron chi connectivity index (χ0n) is 18.0. The van der Waals surface area contributed by atoms with E-state index in [4.69, 9.17) is 9.84 Å². The van der Waals surface area contributed by atoms with E-state index in [1.165, 1.54) is 18.9 Å². The second kappa shape index (κ2) is 9.64. The predicted octanol–water partition coefficient (Wildman–Crippen LogP) is 3.48. The van der Waals surface area contributed by atoms with Crippen LogP contribution in [0.25, 0.3) is 11.1 Å². The van der Waals surface area contributed by atoms with E-state index >= 15 is 0 Å². The Hall–Kier alpha value is -3.35. The van der Waals surface area contributed by atoms with Crippen LogP contribution in [0.1, 0.15) is 37.3 Å². The molecule has 2 N–H and O–H groups in total. The molecule has 2 aromatic carbocycles. The lowest BCUT2D eigenvalue weighted by atomic mass is 9.98. The summed E-state index contributed by atoms with van der Waals surface area (Å²) in [4.78, 5) is 37.4. The van der Waals surface area contributed by atoms with Crippen molar-refractivity contribution in [3.05, 3.63) is 59.7 Å². The van der Waals surface area contributed by atoms with E-state index < -0.39 is 24.0 Å². The summed E-state index contributed by atoms with van der Waals surface area (Å²) in [6.45, 7) is 3.54. The Kier molecular flexibility index (Phi) is 6.95. The molecule has 1 aliphatic carbocycles. The highest BCUT2D eigenvalue weighted by atomic mass is 16.5. The summed E-state index contributed by atoms with van der Waals surface area (Å²) in [6, 6.07) is 15.4. The van der Waals surface area contributed by atoms with Gasteiger partial charge in [-0.3, -0.25) is 9.59 Å². The van der Waals surface area contributed by atoms with Gasteiger partial charge in [-0.15, -0.1) is 0 Å². The number of ether oxygens (including phenoxy) is 1. The van der Waals surface area contributed by atoms with Gasteiger partial charge in [0.25, 0.3) is 0 Å². The second-order valence-corrected chi connectivity index (χ2v) is 7.89. The number of hydrogen-bond acceptors (Lipinski definition) is 4. The summed E-state index contributed by atoms with van der Waals surface area (Å²) in [5, 5.41) is 11.7. The number of aliphatic carboxylic acids is 1. The molecule has 0 saturated carbocycles. The first-order chi connectivity index (χ1) is 14.8. The highest BCUT2D eigenvalue weighted by Gasteiger charge is 2.30. The van der Waals surface area contributed by atoms with Gasteiger partial charge in [-0.1, -0.05) is 62.4 Å². The normalized spacial score (nSPS) is 14.2. The first kappa shape index (κ1) is 22.3. The minimum Gasteiger partial charge on any atom is -0.481 e. The first-order valence-corrected chi connectivity index (χ1v) is 10.4. The van der Waals surface area contributed by atoms with Crippen LogP contribution < -0.4 is 5.32 Å². The number of rotatable bonds is 8. The predicted molar refractivity (Wildman–Crippen MR) is 117 cm³/mol. The summed E-state index contributed by atoms with van der Waals surface area (Å²) in [6.07, 6.45) is -0.295. The fourth-order valence-electron chi connectivity index (χ4n) is 3.97. The monoisotopic (exact) mass is 424 g/mol.